The van der Waals surface area contributed by atoms with Crippen molar-refractivity contribution in [2.45, 2.75) is 431 Å². The highest BCUT2D eigenvalue weighted by Crippen LogP contribution is 2.19. The Morgan fingerprint density at radius 1 is 0.244 bits per heavy atom. The Morgan fingerprint density at radius 2 is 0.439 bits per heavy atom. The Bertz CT molecular complexity index is 1320. The van der Waals surface area contributed by atoms with Crippen molar-refractivity contribution in [3.63, 3.8) is 0 Å². The zero-order valence-electron chi connectivity index (χ0n) is 55.8. The van der Waals surface area contributed by atoms with Gasteiger partial charge in [0.1, 0.15) is 13.2 Å². The molecule has 0 radical (unpaired) electrons. The molecule has 484 valence electrons. The van der Waals surface area contributed by atoms with Gasteiger partial charge in [0.25, 0.3) is 0 Å². The van der Waals surface area contributed by atoms with Crippen LogP contribution in [0.3, 0.4) is 0 Å². The van der Waals surface area contributed by atoms with Crippen LogP contribution >= 0.6 is 0 Å². The van der Waals surface area contributed by atoms with E-state index in [1.807, 2.05) is 0 Å². The van der Waals surface area contributed by atoms with Crippen LogP contribution in [0.25, 0.3) is 0 Å². The van der Waals surface area contributed by atoms with Crippen LogP contribution in [0.15, 0.2) is 24.3 Å². The number of carbonyl (C=O) groups is 3. The zero-order chi connectivity index (χ0) is 59.2. The van der Waals surface area contributed by atoms with Crippen molar-refractivity contribution in [2.24, 2.45) is 0 Å². The van der Waals surface area contributed by atoms with Gasteiger partial charge in [0.2, 0.25) is 0 Å². The van der Waals surface area contributed by atoms with Crippen molar-refractivity contribution in [3.05, 3.63) is 24.3 Å². The summed E-state index contributed by atoms with van der Waals surface area (Å²) in [4.78, 5) is 38.4. The first-order chi connectivity index (χ1) is 40.5. The standard InChI is InChI=1S/C76H144O6/c1-4-7-10-13-16-19-22-24-26-28-30-32-34-35-36-37-38-39-40-41-43-44-46-48-50-52-54-57-60-63-66-69-75(78)81-72-73(71-80-74(77)68-65-62-59-56-21-18-15-12-9-6-3)82-76(79)70-67-64-61-58-55-53-51-49-47-45-42-33-31-29-27-25-23-20-17-14-11-8-5-2/h23,25,29,31,73H,4-22,24,26-28,30,32-72H2,1-3H3/b25-23-,31-29-. The van der Waals surface area contributed by atoms with Crippen LogP contribution in [0.1, 0.15) is 425 Å². The Hall–Kier alpha value is -2.11. The van der Waals surface area contributed by atoms with E-state index >= 15 is 0 Å². The number of hydrogen-bond acceptors (Lipinski definition) is 6. The predicted octanol–water partition coefficient (Wildman–Crippen LogP) is 25.7. The number of allylic oxidation sites excluding steroid dienone is 4. The molecule has 0 amide bonds. The first-order valence-corrected chi connectivity index (χ1v) is 37.3. The predicted molar refractivity (Wildman–Crippen MR) is 358 cm³/mol. The van der Waals surface area contributed by atoms with E-state index in [4.69, 9.17) is 14.2 Å². The normalized spacial score (nSPS) is 12.1. The summed E-state index contributed by atoms with van der Waals surface area (Å²) in [5.41, 5.74) is 0. The van der Waals surface area contributed by atoms with Crippen molar-refractivity contribution >= 4 is 17.9 Å². The summed E-state index contributed by atoms with van der Waals surface area (Å²) in [6.07, 6.45) is 88.1. The van der Waals surface area contributed by atoms with Crippen molar-refractivity contribution in [3.8, 4) is 0 Å². The first kappa shape index (κ1) is 79.9. The fourth-order valence-corrected chi connectivity index (χ4v) is 11.6. The molecule has 6 heteroatoms. The van der Waals surface area contributed by atoms with Crippen molar-refractivity contribution in [2.75, 3.05) is 13.2 Å². The van der Waals surface area contributed by atoms with Gasteiger partial charge < -0.3 is 14.2 Å². The fraction of sp³-hybridized carbons (Fsp3) is 0.908. The molecule has 0 aliphatic rings. The van der Waals surface area contributed by atoms with Crippen LogP contribution in [0.2, 0.25) is 0 Å². The second kappa shape index (κ2) is 71.4. The molecule has 0 bridgehead atoms. The highest BCUT2D eigenvalue weighted by molar-refractivity contribution is 5.71. The number of rotatable bonds is 70. The Labute approximate surface area is 513 Å². The highest BCUT2D eigenvalue weighted by atomic mass is 16.6. The number of esters is 3. The second-order valence-electron chi connectivity index (χ2n) is 25.6. The van der Waals surface area contributed by atoms with Crippen molar-refractivity contribution in [1.29, 1.82) is 0 Å². The average molecular weight is 1150 g/mol. The molecule has 0 aliphatic heterocycles. The molecule has 0 aromatic rings. The van der Waals surface area contributed by atoms with Crippen LogP contribution in [-0.4, -0.2) is 37.2 Å². The first-order valence-electron chi connectivity index (χ1n) is 37.3. The molecule has 0 aromatic heterocycles. The topological polar surface area (TPSA) is 78.9 Å². The molecule has 0 spiro atoms. The van der Waals surface area contributed by atoms with E-state index < -0.39 is 6.10 Å². The molecule has 0 heterocycles. The monoisotopic (exact) mass is 1150 g/mol. The lowest BCUT2D eigenvalue weighted by Crippen LogP contribution is -2.30. The van der Waals surface area contributed by atoms with Gasteiger partial charge >= 0.3 is 17.9 Å². The molecule has 0 fully saturated rings. The quantitative estimate of drug-likeness (QED) is 0.0261. The molecule has 1 unspecified atom stereocenters. The molecule has 0 aliphatic carbocycles. The van der Waals surface area contributed by atoms with Crippen LogP contribution in [-0.2, 0) is 28.6 Å². The maximum atomic E-state index is 12.9. The Morgan fingerprint density at radius 3 is 0.671 bits per heavy atom. The minimum absolute atomic E-state index is 0.0655. The largest absolute Gasteiger partial charge is 0.462 e. The molecule has 0 N–H and O–H groups in total. The van der Waals surface area contributed by atoms with E-state index in [-0.39, 0.29) is 31.1 Å². The van der Waals surface area contributed by atoms with Crippen LogP contribution in [0, 0.1) is 0 Å². The third-order valence-corrected chi connectivity index (χ3v) is 17.2. The van der Waals surface area contributed by atoms with Gasteiger partial charge in [0, 0.05) is 19.3 Å². The third-order valence-electron chi connectivity index (χ3n) is 17.2. The van der Waals surface area contributed by atoms with E-state index in [1.54, 1.807) is 0 Å². The molecule has 0 rings (SSSR count). The van der Waals surface area contributed by atoms with Gasteiger partial charge in [0.05, 0.1) is 0 Å². The summed E-state index contributed by atoms with van der Waals surface area (Å²) < 4.78 is 17.0. The number of unbranched alkanes of at least 4 members (excludes halogenated alkanes) is 55. The van der Waals surface area contributed by atoms with E-state index in [1.165, 1.54) is 321 Å². The Kier molecular flexibility index (Phi) is 69.5. The van der Waals surface area contributed by atoms with Crippen LogP contribution < -0.4 is 0 Å². The number of hydrogen-bond donors (Lipinski definition) is 0. The van der Waals surface area contributed by atoms with Gasteiger partial charge in [-0.05, 0) is 51.4 Å². The second-order valence-corrected chi connectivity index (χ2v) is 25.6. The number of carbonyl (C=O) groups excluding carboxylic acids is 3. The summed E-state index contributed by atoms with van der Waals surface area (Å²) in [6, 6.07) is 0. The van der Waals surface area contributed by atoms with Crippen LogP contribution in [0.4, 0.5) is 0 Å². The van der Waals surface area contributed by atoms with Gasteiger partial charge in [-0.3, -0.25) is 14.4 Å². The van der Waals surface area contributed by atoms with Gasteiger partial charge in [-0.1, -0.05) is 379 Å². The average Bonchev–Trinajstić information content (AvgIpc) is 3.47. The number of ether oxygens (including phenoxy) is 3. The van der Waals surface area contributed by atoms with E-state index in [0.717, 1.165) is 64.2 Å². The van der Waals surface area contributed by atoms with E-state index in [0.29, 0.717) is 19.3 Å². The molecule has 0 saturated heterocycles. The summed E-state index contributed by atoms with van der Waals surface area (Å²) in [7, 11) is 0. The SMILES string of the molecule is CCCCCCC/C=C\C/C=C\CCCCCCCCCCCCCC(=O)OC(COC(=O)CCCCCCCCCCCC)COC(=O)CCCCCCCCCCCCCCCCCCCCCCCCCCCCCCCCC. The molecule has 1 atom stereocenters. The minimum atomic E-state index is -0.769. The lowest BCUT2D eigenvalue weighted by Gasteiger charge is -2.18. The lowest BCUT2D eigenvalue weighted by atomic mass is 10.0. The summed E-state index contributed by atoms with van der Waals surface area (Å²) in [6.45, 7) is 6.70. The maximum absolute atomic E-state index is 12.9. The Balaban J connectivity index is 4.07. The molecule has 82 heavy (non-hydrogen) atoms. The zero-order valence-corrected chi connectivity index (χ0v) is 55.8. The molecule has 0 saturated carbocycles. The summed E-state index contributed by atoms with van der Waals surface area (Å²) in [5.74, 6) is -0.837. The molecular formula is C76H144O6. The summed E-state index contributed by atoms with van der Waals surface area (Å²) >= 11 is 0. The molecule has 6 nitrogen and oxygen atoms in total. The van der Waals surface area contributed by atoms with Crippen molar-refractivity contribution in [1.82, 2.24) is 0 Å². The highest BCUT2D eigenvalue weighted by Gasteiger charge is 2.20. The van der Waals surface area contributed by atoms with Gasteiger partial charge in [-0.15, -0.1) is 0 Å². The fourth-order valence-electron chi connectivity index (χ4n) is 11.6. The summed E-state index contributed by atoms with van der Waals surface area (Å²) in [5, 5.41) is 0. The smallest absolute Gasteiger partial charge is 0.306 e. The van der Waals surface area contributed by atoms with E-state index in [9.17, 15) is 14.4 Å². The third kappa shape index (κ3) is 68.7. The maximum Gasteiger partial charge on any atom is 0.306 e. The van der Waals surface area contributed by atoms with Crippen molar-refractivity contribution < 1.29 is 28.6 Å². The van der Waals surface area contributed by atoms with Gasteiger partial charge in [-0.2, -0.15) is 0 Å². The lowest BCUT2D eigenvalue weighted by molar-refractivity contribution is -0.167. The molecule has 0 aromatic carbocycles. The van der Waals surface area contributed by atoms with E-state index in [2.05, 4.69) is 45.1 Å². The van der Waals surface area contributed by atoms with Gasteiger partial charge in [-0.25, -0.2) is 0 Å². The van der Waals surface area contributed by atoms with Crippen LogP contribution in [0.5, 0.6) is 0 Å². The minimum Gasteiger partial charge on any atom is -0.462 e. The molecular weight excluding hydrogens is 1010 g/mol. The van der Waals surface area contributed by atoms with Gasteiger partial charge in [0.15, 0.2) is 6.10 Å².